The van der Waals surface area contributed by atoms with Gasteiger partial charge in [-0.05, 0) is 211 Å². The largest absolute Gasteiger partial charge is 0.310 e. The molecule has 9 aromatic rings. The predicted molar refractivity (Wildman–Crippen MR) is 338 cm³/mol. The molecule has 0 spiro atoms. The van der Waals surface area contributed by atoms with Gasteiger partial charge in [-0.1, -0.05) is 203 Å². The third-order valence-electron chi connectivity index (χ3n) is 16.7. The molecule has 0 aromatic heterocycles. The summed E-state index contributed by atoms with van der Waals surface area (Å²) >= 11 is 0. The van der Waals surface area contributed by atoms with Crippen LogP contribution in [0.5, 0.6) is 0 Å². The fourth-order valence-electron chi connectivity index (χ4n) is 12.3. The van der Waals surface area contributed by atoms with Crippen molar-refractivity contribution in [3.63, 3.8) is 0 Å². The van der Waals surface area contributed by atoms with Gasteiger partial charge in [-0.3, -0.25) is 0 Å². The molecule has 0 fully saturated rings. The molecule has 0 amide bonds. The van der Waals surface area contributed by atoms with Crippen LogP contribution in [0.15, 0.2) is 182 Å². The Labute approximate surface area is 466 Å². The Morgan fingerprint density at radius 1 is 0.282 bits per heavy atom. The molecule has 2 nitrogen and oxygen atoms in total. The Balaban J connectivity index is 0.803. The molecule has 9 aromatic carbocycles. The number of benzene rings is 9. The van der Waals surface area contributed by atoms with Crippen LogP contribution >= 0.6 is 0 Å². The normalized spacial score (nSPS) is 14.1. The minimum atomic E-state index is -0.173. The quantitative estimate of drug-likeness (QED) is 0.126. The Hall–Kier alpha value is -7.94. The molecule has 0 atom stereocenters. The molecule has 2 aliphatic carbocycles. The second kappa shape index (κ2) is 19.5. The molecule has 11 rings (SSSR count). The predicted octanol–water partition coefficient (Wildman–Crippen LogP) is 21.4. The van der Waals surface area contributed by atoms with Crippen molar-refractivity contribution in [2.24, 2.45) is 0 Å². The first-order valence-corrected chi connectivity index (χ1v) is 28.0. The molecule has 0 bridgehead atoms. The van der Waals surface area contributed by atoms with Crippen molar-refractivity contribution in [2.45, 2.75) is 119 Å². The zero-order valence-electron chi connectivity index (χ0n) is 48.5. The van der Waals surface area contributed by atoms with Crippen LogP contribution in [-0.4, -0.2) is 0 Å². The molecule has 0 unspecified atom stereocenters. The average Bonchev–Trinajstić information content (AvgIpc) is 3.82. The number of rotatable bonds is 10. The van der Waals surface area contributed by atoms with Crippen LogP contribution < -0.4 is 9.80 Å². The average molecular weight is 1020 g/mol. The monoisotopic (exact) mass is 1020 g/mol. The maximum absolute atomic E-state index is 2.44. The van der Waals surface area contributed by atoms with Gasteiger partial charge >= 0.3 is 0 Å². The van der Waals surface area contributed by atoms with E-state index in [1.165, 1.54) is 123 Å². The maximum Gasteiger partial charge on any atom is 0.0466 e. The van der Waals surface area contributed by atoms with Crippen LogP contribution in [0.4, 0.5) is 34.1 Å². The second-order valence-electron chi connectivity index (χ2n) is 25.6. The number of hydrogen-bond donors (Lipinski definition) is 0. The van der Waals surface area contributed by atoms with Crippen LogP contribution in [0.2, 0.25) is 0 Å². The van der Waals surface area contributed by atoms with Crippen LogP contribution in [-0.2, 0) is 21.7 Å². The number of anilines is 6. The number of aryl methyl sites for hydroxylation is 4. The van der Waals surface area contributed by atoms with E-state index in [2.05, 4.69) is 313 Å². The van der Waals surface area contributed by atoms with Gasteiger partial charge in [0, 0.05) is 45.0 Å². The van der Waals surface area contributed by atoms with E-state index in [1.807, 2.05) is 0 Å². The molecule has 78 heavy (non-hydrogen) atoms. The lowest BCUT2D eigenvalue weighted by molar-refractivity contribution is 0.590. The van der Waals surface area contributed by atoms with Crippen molar-refractivity contribution in [2.75, 3.05) is 9.80 Å². The summed E-state index contributed by atoms with van der Waals surface area (Å²) in [6, 6.07) is 69.1. The first-order chi connectivity index (χ1) is 37.0. The zero-order chi connectivity index (χ0) is 55.1. The number of hydrogen-bond acceptors (Lipinski definition) is 2. The molecule has 0 heterocycles. The standard InChI is InChI=1S/C76H76N2/c1-49-39-50(2)42-63(41-49)77(59-29-25-57(26-30-59)73(5,6)7)61-33-37-67-65-35-23-55(45-69(65)75(11,12)71(67)47-61)21-19-53-15-17-54(18-16-53)20-22-56-24-36-66-68-38-34-62(48-72(68)76(13,14)70(66)46-56)78(64-43-51(3)40-52(4)44-64)60-31-27-58(28-32-60)74(8,9)10/h15-48H,1-14H3. The highest BCUT2D eigenvalue weighted by molar-refractivity contribution is 5.89. The highest BCUT2D eigenvalue weighted by atomic mass is 15.1. The summed E-state index contributed by atoms with van der Waals surface area (Å²) in [5.74, 6) is 0. The minimum Gasteiger partial charge on any atom is -0.310 e. The highest BCUT2D eigenvalue weighted by Gasteiger charge is 2.38. The highest BCUT2D eigenvalue weighted by Crippen LogP contribution is 2.53. The van der Waals surface area contributed by atoms with Crippen molar-refractivity contribution in [1.82, 2.24) is 0 Å². The molecular weight excluding hydrogens is 941 g/mol. The first kappa shape index (κ1) is 52.1. The molecule has 0 radical (unpaired) electrons. The molecule has 390 valence electrons. The van der Waals surface area contributed by atoms with Gasteiger partial charge in [0.25, 0.3) is 0 Å². The summed E-state index contributed by atoms with van der Waals surface area (Å²) in [6.45, 7) is 32.0. The molecular formula is C76H76N2. The van der Waals surface area contributed by atoms with E-state index in [1.54, 1.807) is 0 Å². The van der Waals surface area contributed by atoms with E-state index in [4.69, 9.17) is 0 Å². The van der Waals surface area contributed by atoms with Crippen LogP contribution in [0.1, 0.15) is 147 Å². The van der Waals surface area contributed by atoms with E-state index >= 15 is 0 Å². The Kier molecular flexibility index (Phi) is 13.0. The summed E-state index contributed by atoms with van der Waals surface area (Å²) in [4.78, 5) is 4.86. The summed E-state index contributed by atoms with van der Waals surface area (Å²) in [6.07, 6.45) is 9.00. The van der Waals surface area contributed by atoms with Gasteiger partial charge in [-0.15, -0.1) is 0 Å². The fourth-order valence-corrected chi connectivity index (χ4v) is 12.3. The topological polar surface area (TPSA) is 6.48 Å². The van der Waals surface area contributed by atoms with E-state index < -0.39 is 0 Å². The third kappa shape index (κ3) is 9.87. The Morgan fingerprint density at radius 3 is 0.872 bits per heavy atom. The number of fused-ring (bicyclic) bond motifs is 6. The van der Waals surface area contributed by atoms with Gasteiger partial charge < -0.3 is 9.80 Å². The molecule has 0 N–H and O–H groups in total. The second-order valence-corrected chi connectivity index (χ2v) is 25.6. The summed E-state index contributed by atoms with van der Waals surface area (Å²) in [5.41, 5.74) is 30.1. The summed E-state index contributed by atoms with van der Waals surface area (Å²) in [5, 5.41) is 0. The van der Waals surface area contributed by atoms with Crippen molar-refractivity contribution in [1.29, 1.82) is 0 Å². The number of nitrogens with zero attached hydrogens (tertiary/aromatic N) is 2. The lowest BCUT2D eigenvalue weighted by atomic mass is 9.81. The SMILES string of the molecule is Cc1cc(C)cc(N(c2ccc(C(C)(C)C)cc2)c2ccc3c(c2)C(C)(C)c2cc(C=Cc4ccc(C=Cc5ccc6c(c5)C(C)(C)c5cc(N(c7ccc(C(C)(C)C)cc7)c7cc(C)cc(C)c7)ccc5-6)cc4)ccc2-3)c1. The van der Waals surface area contributed by atoms with Gasteiger partial charge in [0.1, 0.15) is 0 Å². The van der Waals surface area contributed by atoms with Crippen molar-refractivity contribution >= 4 is 58.4 Å². The van der Waals surface area contributed by atoms with Gasteiger partial charge in [-0.25, -0.2) is 0 Å². The molecule has 0 saturated heterocycles. The molecule has 0 aliphatic heterocycles. The van der Waals surface area contributed by atoms with E-state index in [-0.39, 0.29) is 21.7 Å². The van der Waals surface area contributed by atoms with E-state index in [0.29, 0.717) is 0 Å². The Bertz CT molecular complexity index is 3530. The molecule has 2 aliphatic rings. The zero-order valence-corrected chi connectivity index (χ0v) is 48.5. The van der Waals surface area contributed by atoms with E-state index in [9.17, 15) is 0 Å². The third-order valence-corrected chi connectivity index (χ3v) is 16.7. The van der Waals surface area contributed by atoms with Crippen molar-refractivity contribution in [3.8, 4) is 22.3 Å². The van der Waals surface area contributed by atoms with Gasteiger partial charge in [0.2, 0.25) is 0 Å². The Morgan fingerprint density at radius 2 is 0.551 bits per heavy atom. The molecule has 2 heteroatoms. The minimum absolute atomic E-state index is 0.0853. The van der Waals surface area contributed by atoms with Gasteiger partial charge in [-0.2, -0.15) is 0 Å². The smallest absolute Gasteiger partial charge is 0.0466 e. The summed E-state index contributed by atoms with van der Waals surface area (Å²) < 4.78 is 0. The maximum atomic E-state index is 2.44. The first-order valence-electron chi connectivity index (χ1n) is 28.0. The molecule has 0 saturated carbocycles. The van der Waals surface area contributed by atoms with Crippen molar-refractivity contribution < 1.29 is 0 Å². The van der Waals surface area contributed by atoms with Crippen LogP contribution in [0.3, 0.4) is 0 Å². The van der Waals surface area contributed by atoms with Crippen LogP contribution in [0.25, 0.3) is 46.6 Å². The van der Waals surface area contributed by atoms with Crippen molar-refractivity contribution in [3.05, 3.63) is 260 Å². The van der Waals surface area contributed by atoms with Crippen LogP contribution in [0, 0.1) is 27.7 Å². The lowest BCUT2D eigenvalue weighted by Gasteiger charge is -2.29. The summed E-state index contributed by atoms with van der Waals surface area (Å²) in [7, 11) is 0. The van der Waals surface area contributed by atoms with Gasteiger partial charge in [0.15, 0.2) is 0 Å². The fraction of sp³-hybridized carbons (Fsp3) is 0.237. The van der Waals surface area contributed by atoms with Gasteiger partial charge in [0.05, 0.1) is 0 Å². The van der Waals surface area contributed by atoms with E-state index in [0.717, 1.165) is 11.4 Å². The lowest BCUT2D eigenvalue weighted by Crippen LogP contribution is -2.17.